The van der Waals surface area contributed by atoms with Crippen molar-refractivity contribution in [1.29, 1.82) is 0 Å². The number of hydrogen-bond acceptors (Lipinski definition) is 2. The predicted molar refractivity (Wildman–Crippen MR) is 66.1 cm³/mol. The summed E-state index contributed by atoms with van der Waals surface area (Å²) in [5, 5.41) is 11.7. The molecule has 0 spiro atoms. The second kappa shape index (κ2) is 4.53. The van der Waals surface area contributed by atoms with E-state index in [-0.39, 0.29) is 24.3 Å². The Balaban J connectivity index is 1.57. The fourth-order valence-corrected chi connectivity index (χ4v) is 3.67. The first-order chi connectivity index (χ1) is 9.40. The molecule has 2 N–H and O–H groups in total. The van der Waals surface area contributed by atoms with E-state index < -0.39 is 29.6 Å². The Bertz CT molecular complexity index is 477. The van der Waals surface area contributed by atoms with E-state index in [0.29, 0.717) is 19.3 Å². The third-order valence-corrected chi connectivity index (χ3v) is 4.77. The monoisotopic (exact) mass is 285 g/mol. The molecule has 0 unspecified atom stereocenters. The number of halogens is 2. The molecule has 0 aliphatic heterocycles. The number of carboxylic acid groups (broad SMARTS) is 1. The van der Waals surface area contributed by atoms with Crippen molar-refractivity contribution in [3.8, 4) is 0 Å². The lowest BCUT2D eigenvalue weighted by Gasteiger charge is -2.23. The molecular weight excluding hydrogens is 268 g/mol. The molecule has 2 fully saturated rings. The number of carbonyl (C=O) groups is 2. The maximum Gasteiger partial charge on any atom is 0.306 e. The maximum atomic E-state index is 13.5. The van der Waals surface area contributed by atoms with Crippen LogP contribution in [0.4, 0.5) is 8.78 Å². The molecule has 3 rings (SSSR count). The highest BCUT2D eigenvalue weighted by Gasteiger charge is 2.70. The molecule has 110 valence electrons. The largest absolute Gasteiger partial charge is 0.481 e. The summed E-state index contributed by atoms with van der Waals surface area (Å²) < 4.78 is 26.9. The number of allylic oxidation sites excluding steroid dienone is 1. The fourth-order valence-electron chi connectivity index (χ4n) is 3.67. The molecular formula is C14H17F2NO3. The Morgan fingerprint density at radius 3 is 2.70 bits per heavy atom. The minimum atomic E-state index is -2.71. The second-order valence-electron chi connectivity index (χ2n) is 6.06. The molecule has 3 aliphatic carbocycles. The van der Waals surface area contributed by atoms with Gasteiger partial charge in [0, 0.05) is 18.4 Å². The average Bonchev–Trinajstić information content (AvgIpc) is 3.05. The highest BCUT2D eigenvalue weighted by molar-refractivity contribution is 5.83. The minimum Gasteiger partial charge on any atom is -0.481 e. The van der Waals surface area contributed by atoms with Crippen LogP contribution in [0.25, 0.3) is 0 Å². The Morgan fingerprint density at radius 2 is 2.10 bits per heavy atom. The van der Waals surface area contributed by atoms with Gasteiger partial charge in [0.05, 0.1) is 11.8 Å². The first-order valence-corrected chi connectivity index (χ1v) is 6.98. The van der Waals surface area contributed by atoms with E-state index >= 15 is 0 Å². The standard InChI is InChI=1S/C14H17F2NO3/c15-14(16)5-4-9-10(11(9)14)12(18)17-8-3-1-2-7(6-8)13(19)20/h1,3,7-11H,2,4-6H2,(H,17,18)(H,19,20)/t7-,8-,9+,10-,11+/m1/s1. The van der Waals surface area contributed by atoms with Crippen LogP contribution in [-0.4, -0.2) is 28.9 Å². The quantitative estimate of drug-likeness (QED) is 0.777. The van der Waals surface area contributed by atoms with Gasteiger partial charge in [-0.2, -0.15) is 0 Å². The highest BCUT2D eigenvalue weighted by atomic mass is 19.3. The maximum absolute atomic E-state index is 13.5. The summed E-state index contributed by atoms with van der Waals surface area (Å²) in [5.41, 5.74) is 0. The number of nitrogens with one attached hydrogen (secondary N) is 1. The topological polar surface area (TPSA) is 66.4 Å². The smallest absolute Gasteiger partial charge is 0.306 e. The molecule has 4 nitrogen and oxygen atoms in total. The van der Waals surface area contributed by atoms with Gasteiger partial charge in [-0.05, 0) is 25.2 Å². The van der Waals surface area contributed by atoms with Gasteiger partial charge in [0.2, 0.25) is 5.91 Å². The Hall–Kier alpha value is -1.46. The molecule has 0 aromatic rings. The van der Waals surface area contributed by atoms with Crippen molar-refractivity contribution in [1.82, 2.24) is 5.32 Å². The van der Waals surface area contributed by atoms with E-state index in [1.165, 1.54) is 0 Å². The zero-order valence-corrected chi connectivity index (χ0v) is 10.9. The van der Waals surface area contributed by atoms with Crippen molar-refractivity contribution < 1.29 is 23.5 Å². The minimum absolute atomic E-state index is 0.115. The third-order valence-electron chi connectivity index (χ3n) is 4.77. The van der Waals surface area contributed by atoms with E-state index in [0.717, 1.165) is 0 Å². The fraction of sp³-hybridized carbons (Fsp3) is 0.714. The Labute approximate surface area is 115 Å². The van der Waals surface area contributed by atoms with Crippen molar-refractivity contribution in [2.75, 3.05) is 0 Å². The average molecular weight is 285 g/mol. The summed E-state index contributed by atoms with van der Waals surface area (Å²) in [5.74, 6) is -6.02. The predicted octanol–water partition coefficient (Wildman–Crippen LogP) is 1.81. The zero-order valence-electron chi connectivity index (χ0n) is 10.9. The first kappa shape index (κ1) is 13.5. The van der Waals surface area contributed by atoms with Gasteiger partial charge in [0.25, 0.3) is 5.92 Å². The van der Waals surface area contributed by atoms with Crippen molar-refractivity contribution >= 4 is 11.9 Å². The molecule has 0 bridgehead atoms. The van der Waals surface area contributed by atoms with E-state index in [1.807, 2.05) is 0 Å². The van der Waals surface area contributed by atoms with Gasteiger partial charge in [0.15, 0.2) is 0 Å². The zero-order chi connectivity index (χ0) is 14.5. The number of amides is 1. The van der Waals surface area contributed by atoms with Crippen LogP contribution < -0.4 is 5.32 Å². The van der Waals surface area contributed by atoms with Gasteiger partial charge < -0.3 is 10.4 Å². The van der Waals surface area contributed by atoms with Gasteiger partial charge in [-0.3, -0.25) is 9.59 Å². The second-order valence-corrected chi connectivity index (χ2v) is 6.06. The third kappa shape index (κ3) is 2.21. The van der Waals surface area contributed by atoms with Gasteiger partial charge in [0.1, 0.15) is 0 Å². The molecule has 5 atom stereocenters. The summed E-state index contributed by atoms with van der Waals surface area (Å²) in [4.78, 5) is 23.0. The van der Waals surface area contributed by atoms with Gasteiger partial charge in [-0.15, -0.1) is 0 Å². The number of carboxylic acids is 1. The lowest BCUT2D eigenvalue weighted by molar-refractivity contribution is -0.142. The number of fused-ring (bicyclic) bond motifs is 1. The Morgan fingerprint density at radius 1 is 1.35 bits per heavy atom. The molecule has 1 amide bonds. The van der Waals surface area contributed by atoms with E-state index in [9.17, 15) is 18.4 Å². The van der Waals surface area contributed by atoms with Crippen molar-refractivity contribution in [3.63, 3.8) is 0 Å². The molecule has 0 radical (unpaired) electrons. The van der Waals surface area contributed by atoms with E-state index in [4.69, 9.17) is 5.11 Å². The van der Waals surface area contributed by atoms with Crippen LogP contribution in [0.2, 0.25) is 0 Å². The lowest BCUT2D eigenvalue weighted by Crippen LogP contribution is -2.40. The first-order valence-electron chi connectivity index (χ1n) is 6.98. The molecule has 20 heavy (non-hydrogen) atoms. The summed E-state index contributed by atoms with van der Waals surface area (Å²) in [6.07, 6.45) is 4.57. The van der Waals surface area contributed by atoms with Gasteiger partial charge in [-0.25, -0.2) is 8.78 Å². The van der Waals surface area contributed by atoms with E-state index in [1.54, 1.807) is 12.2 Å². The van der Waals surface area contributed by atoms with Crippen LogP contribution in [0, 0.1) is 23.7 Å². The molecule has 0 aromatic carbocycles. The number of aliphatic carboxylic acids is 1. The van der Waals surface area contributed by atoms with E-state index in [2.05, 4.69) is 5.32 Å². The molecule has 0 heterocycles. The van der Waals surface area contributed by atoms with Crippen LogP contribution >= 0.6 is 0 Å². The van der Waals surface area contributed by atoms with Crippen LogP contribution in [0.3, 0.4) is 0 Å². The van der Waals surface area contributed by atoms with Gasteiger partial charge in [-0.1, -0.05) is 12.2 Å². The number of carbonyl (C=O) groups excluding carboxylic acids is 1. The molecule has 0 aromatic heterocycles. The molecule has 0 saturated heterocycles. The van der Waals surface area contributed by atoms with Crippen molar-refractivity contribution in [2.45, 2.75) is 37.6 Å². The Kier molecular flexibility index (Phi) is 3.06. The normalized spacial score (nSPS) is 41.0. The highest BCUT2D eigenvalue weighted by Crippen LogP contribution is 2.64. The molecule has 6 heteroatoms. The van der Waals surface area contributed by atoms with Gasteiger partial charge >= 0.3 is 5.97 Å². The van der Waals surface area contributed by atoms with Crippen LogP contribution in [0.15, 0.2) is 12.2 Å². The lowest BCUT2D eigenvalue weighted by atomic mass is 9.91. The van der Waals surface area contributed by atoms with Crippen molar-refractivity contribution in [2.24, 2.45) is 23.7 Å². The number of hydrogen-bond donors (Lipinski definition) is 2. The summed E-state index contributed by atoms with van der Waals surface area (Å²) >= 11 is 0. The summed E-state index contributed by atoms with van der Waals surface area (Å²) in [6.45, 7) is 0. The van der Waals surface area contributed by atoms with Crippen LogP contribution in [0.1, 0.15) is 25.7 Å². The molecule has 3 aliphatic rings. The van der Waals surface area contributed by atoms with Crippen LogP contribution in [0.5, 0.6) is 0 Å². The SMILES string of the molecule is O=C(O)[C@@H]1CC=C[C@@H](NC(=O)[C@@H]2[C@@H]3CCC(F)(F)[C@@H]32)C1. The van der Waals surface area contributed by atoms with Crippen LogP contribution in [-0.2, 0) is 9.59 Å². The number of rotatable bonds is 3. The molecule has 2 saturated carbocycles. The van der Waals surface area contributed by atoms with Crippen molar-refractivity contribution in [3.05, 3.63) is 12.2 Å². The summed E-state index contributed by atoms with van der Waals surface area (Å²) in [6, 6.07) is -0.354. The number of alkyl halides is 2. The summed E-state index contributed by atoms with van der Waals surface area (Å²) in [7, 11) is 0.